The van der Waals surface area contributed by atoms with E-state index in [1.54, 1.807) is 7.11 Å². The maximum Gasteiger partial charge on any atom is 0.309 e. The Morgan fingerprint density at radius 2 is 2.07 bits per heavy atom. The van der Waals surface area contributed by atoms with Gasteiger partial charge in [0.1, 0.15) is 0 Å². The van der Waals surface area contributed by atoms with E-state index in [0.717, 1.165) is 25.7 Å². The van der Waals surface area contributed by atoms with Crippen molar-refractivity contribution in [1.29, 1.82) is 0 Å². The van der Waals surface area contributed by atoms with Gasteiger partial charge < -0.3 is 9.84 Å². The maximum atomic E-state index is 11.1. The number of carboxylic acids is 1. The van der Waals surface area contributed by atoms with Gasteiger partial charge >= 0.3 is 5.97 Å². The van der Waals surface area contributed by atoms with E-state index in [1.165, 1.54) is 0 Å². The van der Waals surface area contributed by atoms with E-state index in [-0.39, 0.29) is 12.0 Å². The molecule has 0 spiro atoms. The van der Waals surface area contributed by atoms with E-state index in [1.807, 2.05) is 13.8 Å². The van der Waals surface area contributed by atoms with E-state index in [4.69, 9.17) is 9.84 Å². The Labute approximate surface area is 85.5 Å². The van der Waals surface area contributed by atoms with Crippen molar-refractivity contribution in [3.63, 3.8) is 0 Å². The summed E-state index contributed by atoms with van der Waals surface area (Å²) in [5, 5.41) is 9.11. The Bertz CT molecular complexity index is 211. The lowest BCUT2D eigenvalue weighted by Crippen LogP contribution is -2.37. The van der Waals surface area contributed by atoms with Crippen LogP contribution in [0.5, 0.6) is 0 Å². The fourth-order valence-corrected chi connectivity index (χ4v) is 2.19. The van der Waals surface area contributed by atoms with E-state index in [0.29, 0.717) is 0 Å². The van der Waals surface area contributed by atoms with Crippen molar-refractivity contribution in [1.82, 2.24) is 0 Å². The predicted octanol–water partition coefficient (Wildman–Crippen LogP) is 2.30. The molecule has 1 N–H and O–H groups in total. The van der Waals surface area contributed by atoms with Gasteiger partial charge in [-0.2, -0.15) is 0 Å². The molecule has 2 atom stereocenters. The highest BCUT2D eigenvalue weighted by Crippen LogP contribution is 2.39. The van der Waals surface area contributed by atoms with Gasteiger partial charge in [-0.1, -0.05) is 6.42 Å². The molecule has 0 aromatic heterocycles. The van der Waals surface area contributed by atoms with Gasteiger partial charge in [-0.3, -0.25) is 4.79 Å². The molecule has 1 aliphatic rings. The van der Waals surface area contributed by atoms with Crippen LogP contribution in [0, 0.1) is 11.3 Å². The van der Waals surface area contributed by atoms with Crippen molar-refractivity contribution >= 4 is 5.97 Å². The monoisotopic (exact) mass is 200 g/mol. The second kappa shape index (κ2) is 4.30. The Hall–Kier alpha value is -0.570. The van der Waals surface area contributed by atoms with Gasteiger partial charge in [0.15, 0.2) is 0 Å². The lowest BCUT2D eigenvalue weighted by Gasteiger charge is -2.36. The molecule has 0 saturated heterocycles. The summed E-state index contributed by atoms with van der Waals surface area (Å²) in [6, 6.07) is 0. The number of hydrogen-bond donors (Lipinski definition) is 1. The Kier molecular flexibility index (Phi) is 3.53. The summed E-state index contributed by atoms with van der Waals surface area (Å²) >= 11 is 0. The lowest BCUT2D eigenvalue weighted by molar-refractivity contribution is -0.151. The van der Waals surface area contributed by atoms with Gasteiger partial charge in [0.25, 0.3) is 0 Å². The fraction of sp³-hybridized carbons (Fsp3) is 0.909. The minimum absolute atomic E-state index is 0.249. The van der Waals surface area contributed by atoms with Gasteiger partial charge in [-0.25, -0.2) is 0 Å². The van der Waals surface area contributed by atoms with Crippen molar-refractivity contribution in [2.24, 2.45) is 11.3 Å². The molecule has 3 nitrogen and oxygen atoms in total. The number of carbonyl (C=O) groups is 1. The van der Waals surface area contributed by atoms with Crippen LogP contribution in [-0.4, -0.2) is 24.3 Å². The van der Waals surface area contributed by atoms with Crippen LogP contribution in [0.4, 0.5) is 0 Å². The molecule has 1 fully saturated rings. The smallest absolute Gasteiger partial charge is 0.309 e. The number of ether oxygens (including phenoxy) is 1. The van der Waals surface area contributed by atoms with Crippen molar-refractivity contribution in [3.05, 3.63) is 0 Å². The van der Waals surface area contributed by atoms with Crippen molar-refractivity contribution < 1.29 is 14.6 Å². The van der Waals surface area contributed by atoms with Gasteiger partial charge in [-0.05, 0) is 39.0 Å². The van der Waals surface area contributed by atoms with E-state index in [2.05, 4.69) is 0 Å². The third kappa shape index (κ3) is 2.27. The second-order valence-electron chi connectivity index (χ2n) is 4.75. The van der Waals surface area contributed by atoms with E-state index in [9.17, 15) is 4.79 Å². The Balaban J connectivity index is 2.63. The molecule has 0 bridgehead atoms. The summed E-state index contributed by atoms with van der Waals surface area (Å²) in [7, 11) is 1.71. The van der Waals surface area contributed by atoms with Gasteiger partial charge in [0, 0.05) is 7.11 Å². The van der Waals surface area contributed by atoms with Gasteiger partial charge in [0.05, 0.1) is 11.5 Å². The molecule has 0 radical (unpaired) electrons. The topological polar surface area (TPSA) is 46.5 Å². The van der Waals surface area contributed by atoms with E-state index < -0.39 is 11.4 Å². The lowest BCUT2D eigenvalue weighted by atomic mass is 9.70. The highest BCUT2D eigenvalue weighted by Gasteiger charge is 2.39. The predicted molar refractivity (Wildman–Crippen MR) is 54.2 cm³/mol. The first-order valence-electron chi connectivity index (χ1n) is 5.24. The fourth-order valence-electron chi connectivity index (χ4n) is 2.19. The quantitative estimate of drug-likeness (QED) is 0.760. The number of carboxylic acid groups (broad SMARTS) is 1. The molecular formula is C11H20O3. The zero-order valence-corrected chi connectivity index (χ0v) is 9.25. The Morgan fingerprint density at radius 1 is 1.43 bits per heavy atom. The summed E-state index contributed by atoms with van der Waals surface area (Å²) in [4.78, 5) is 11.1. The molecule has 1 rings (SSSR count). The second-order valence-corrected chi connectivity index (χ2v) is 4.75. The summed E-state index contributed by atoms with van der Waals surface area (Å²) in [6.07, 6.45) is 4.31. The summed E-state index contributed by atoms with van der Waals surface area (Å²) in [5.74, 6) is -0.446. The molecule has 3 heteroatoms. The number of hydrogen-bond acceptors (Lipinski definition) is 2. The Morgan fingerprint density at radius 3 is 2.57 bits per heavy atom. The first kappa shape index (κ1) is 11.5. The van der Waals surface area contributed by atoms with E-state index >= 15 is 0 Å². The molecule has 1 aliphatic carbocycles. The molecule has 1 saturated carbocycles. The van der Waals surface area contributed by atoms with Crippen LogP contribution in [0.2, 0.25) is 0 Å². The first-order chi connectivity index (χ1) is 6.48. The number of rotatable bonds is 3. The van der Waals surface area contributed by atoms with Crippen LogP contribution in [-0.2, 0) is 9.53 Å². The molecule has 0 aromatic rings. The zero-order chi connectivity index (χ0) is 10.8. The molecule has 2 unspecified atom stereocenters. The van der Waals surface area contributed by atoms with Gasteiger partial charge in [-0.15, -0.1) is 0 Å². The molecule has 82 valence electrons. The van der Waals surface area contributed by atoms with Crippen LogP contribution in [0.1, 0.15) is 39.5 Å². The summed E-state index contributed by atoms with van der Waals surface area (Å²) in [6.45, 7) is 3.64. The van der Waals surface area contributed by atoms with Crippen LogP contribution >= 0.6 is 0 Å². The highest BCUT2D eigenvalue weighted by atomic mass is 16.5. The molecule has 14 heavy (non-hydrogen) atoms. The SMILES string of the molecule is COC1CCCC(C(C)(C)C(=O)O)C1. The standard InChI is InChI=1S/C11H20O3/c1-11(2,10(12)13)8-5-4-6-9(7-8)14-3/h8-9H,4-7H2,1-3H3,(H,12,13). The van der Waals surface area contributed by atoms with Crippen LogP contribution < -0.4 is 0 Å². The van der Waals surface area contributed by atoms with Crippen molar-refractivity contribution in [3.8, 4) is 0 Å². The molecule has 0 heterocycles. The van der Waals surface area contributed by atoms with Gasteiger partial charge in [0.2, 0.25) is 0 Å². The summed E-state index contributed by atoms with van der Waals surface area (Å²) < 4.78 is 5.30. The van der Waals surface area contributed by atoms with Crippen molar-refractivity contribution in [2.45, 2.75) is 45.6 Å². The van der Waals surface area contributed by atoms with Crippen LogP contribution in [0.3, 0.4) is 0 Å². The largest absolute Gasteiger partial charge is 0.481 e. The molecule has 0 aliphatic heterocycles. The first-order valence-corrected chi connectivity index (χ1v) is 5.24. The third-order valence-electron chi connectivity index (χ3n) is 3.53. The molecule has 0 aromatic carbocycles. The summed E-state index contributed by atoms with van der Waals surface area (Å²) in [5.41, 5.74) is -0.614. The highest BCUT2D eigenvalue weighted by molar-refractivity contribution is 5.74. The van der Waals surface area contributed by atoms with Crippen LogP contribution in [0.25, 0.3) is 0 Å². The average Bonchev–Trinajstić information content (AvgIpc) is 2.17. The zero-order valence-electron chi connectivity index (χ0n) is 9.25. The average molecular weight is 200 g/mol. The van der Waals surface area contributed by atoms with Crippen molar-refractivity contribution in [2.75, 3.05) is 7.11 Å². The minimum Gasteiger partial charge on any atom is -0.481 e. The number of methoxy groups -OCH3 is 1. The molecule has 0 amide bonds. The van der Waals surface area contributed by atoms with Crippen LogP contribution in [0.15, 0.2) is 0 Å². The molecular weight excluding hydrogens is 180 g/mol. The normalized spacial score (nSPS) is 28.8. The third-order valence-corrected chi connectivity index (χ3v) is 3.53. The number of aliphatic carboxylic acids is 1. The maximum absolute atomic E-state index is 11.1. The minimum atomic E-state index is -0.695.